The lowest BCUT2D eigenvalue weighted by atomic mass is 10.1. The number of hydrogen-bond donors (Lipinski definition) is 3. The van der Waals surface area contributed by atoms with Crippen LogP contribution in [0.1, 0.15) is 30.5 Å². The average Bonchev–Trinajstić information content (AvgIpc) is 2.75. The van der Waals surface area contributed by atoms with E-state index in [-0.39, 0.29) is 18.1 Å². The topological polar surface area (TPSA) is 95.5 Å². The fourth-order valence-corrected chi connectivity index (χ4v) is 3.62. The second-order valence-corrected chi connectivity index (χ2v) is 7.98. The summed E-state index contributed by atoms with van der Waals surface area (Å²) in [6, 6.07) is 10.1. The van der Waals surface area contributed by atoms with Gasteiger partial charge in [-0.3, -0.25) is 9.59 Å². The van der Waals surface area contributed by atoms with Gasteiger partial charge in [0.2, 0.25) is 5.91 Å². The SMILES string of the molecule is Cc1ccc(NC(=O)Nc2ccc(C)n(CC(=O)NCCN3CCCCC3)c2=O)cc1. The first-order chi connectivity index (χ1) is 14.9. The van der Waals surface area contributed by atoms with Gasteiger partial charge in [0.05, 0.1) is 0 Å². The molecule has 3 rings (SSSR count). The number of benzene rings is 1. The Kier molecular flexibility index (Phi) is 7.83. The molecule has 3 N–H and O–H groups in total. The van der Waals surface area contributed by atoms with Gasteiger partial charge in [0.15, 0.2) is 0 Å². The molecule has 1 aromatic carbocycles. The standard InChI is InChI=1S/C23H31N5O3/c1-17-6-9-19(10-7-17)25-23(31)26-20-11-8-18(2)28(22(20)30)16-21(29)24-12-15-27-13-4-3-5-14-27/h6-11H,3-5,12-16H2,1-2H3,(H,24,29)(H2,25,26,31). The van der Waals surface area contributed by atoms with Crippen LogP contribution in [0.2, 0.25) is 0 Å². The minimum Gasteiger partial charge on any atom is -0.353 e. The molecule has 2 heterocycles. The highest BCUT2D eigenvalue weighted by atomic mass is 16.2. The average molecular weight is 426 g/mol. The van der Waals surface area contributed by atoms with E-state index in [1.807, 2.05) is 19.1 Å². The monoisotopic (exact) mass is 425 g/mol. The maximum Gasteiger partial charge on any atom is 0.323 e. The molecule has 1 aliphatic heterocycles. The van der Waals surface area contributed by atoms with Crippen LogP contribution in [0, 0.1) is 13.8 Å². The third kappa shape index (κ3) is 6.68. The number of hydrogen-bond acceptors (Lipinski definition) is 4. The molecule has 3 amide bonds. The lowest BCUT2D eigenvalue weighted by molar-refractivity contribution is -0.121. The van der Waals surface area contributed by atoms with Crippen LogP contribution in [-0.4, -0.2) is 47.6 Å². The number of amides is 3. The second-order valence-electron chi connectivity index (χ2n) is 7.98. The van der Waals surface area contributed by atoms with Crippen LogP contribution in [0.4, 0.5) is 16.2 Å². The van der Waals surface area contributed by atoms with Crippen molar-refractivity contribution in [3.05, 3.63) is 58.0 Å². The van der Waals surface area contributed by atoms with Crippen LogP contribution in [-0.2, 0) is 11.3 Å². The number of urea groups is 1. The molecule has 0 bridgehead atoms. The highest BCUT2D eigenvalue weighted by molar-refractivity contribution is 5.99. The van der Waals surface area contributed by atoms with E-state index in [9.17, 15) is 14.4 Å². The van der Waals surface area contributed by atoms with Gasteiger partial charge in [-0.25, -0.2) is 4.79 Å². The number of nitrogens with one attached hydrogen (secondary N) is 3. The fraction of sp³-hybridized carbons (Fsp3) is 0.435. The van der Waals surface area contributed by atoms with Crippen LogP contribution in [0.15, 0.2) is 41.2 Å². The van der Waals surface area contributed by atoms with E-state index in [0.717, 1.165) is 25.2 Å². The molecule has 8 nitrogen and oxygen atoms in total. The third-order valence-electron chi connectivity index (χ3n) is 5.45. The molecule has 0 unspecified atom stereocenters. The Morgan fingerprint density at radius 1 is 0.935 bits per heavy atom. The first-order valence-corrected chi connectivity index (χ1v) is 10.8. The Balaban J connectivity index is 1.56. The summed E-state index contributed by atoms with van der Waals surface area (Å²) in [5, 5.41) is 8.17. The van der Waals surface area contributed by atoms with Gasteiger partial charge >= 0.3 is 6.03 Å². The Hall–Kier alpha value is -3.13. The number of aromatic nitrogens is 1. The van der Waals surface area contributed by atoms with Crippen molar-refractivity contribution in [2.45, 2.75) is 39.7 Å². The Morgan fingerprint density at radius 3 is 2.35 bits per heavy atom. The third-order valence-corrected chi connectivity index (χ3v) is 5.45. The quantitative estimate of drug-likeness (QED) is 0.636. The van der Waals surface area contributed by atoms with E-state index in [0.29, 0.717) is 17.9 Å². The van der Waals surface area contributed by atoms with Gasteiger partial charge in [-0.1, -0.05) is 24.1 Å². The van der Waals surface area contributed by atoms with Crippen molar-refractivity contribution in [2.24, 2.45) is 0 Å². The second kappa shape index (κ2) is 10.8. The normalized spacial score (nSPS) is 14.1. The molecule has 166 valence electrons. The number of carbonyl (C=O) groups is 2. The van der Waals surface area contributed by atoms with Crippen molar-refractivity contribution in [3.63, 3.8) is 0 Å². The summed E-state index contributed by atoms with van der Waals surface area (Å²) < 4.78 is 1.37. The number of carbonyl (C=O) groups excluding carboxylic acids is 2. The Morgan fingerprint density at radius 2 is 1.65 bits per heavy atom. The molecule has 8 heteroatoms. The van der Waals surface area contributed by atoms with Crippen molar-refractivity contribution in [2.75, 3.05) is 36.8 Å². The van der Waals surface area contributed by atoms with E-state index >= 15 is 0 Å². The predicted molar refractivity (Wildman–Crippen MR) is 123 cm³/mol. The molecule has 0 aliphatic carbocycles. The zero-order chi connectivity index (χ0) is 22.2. The van der Waals surface area contributed by atoms with Gasteiger partial charge < -0.3 is 25.4 Å². The smallest absolute Gasteiger partial charge is 0.323 e. The van der Waals surface area contributed by atoms with E-state index in [1.54, 1.807) is 31.2 Å². The Bertz CT molecular complexity index is 962. The molecular formula is C23H31N5O3. The molecule has 0 atom stereocenters. The van der Waals surface area contributed by atoms with Crippen LogP contribution < -0.4 is 21.5 Å². The van der Waals surface area contributed by atoms with Crippen molar-refractivity contribution in [1.29, 1.82) is 0 Å². The number of anilines is 2. The summed E-state index contributed by atoms with van der Waals surface area (Å²) in [7, 11) is 0. The number of rotatable bonds is 7. The highest BCUT2D eigenvalue weighted by Crippen LogP contribution is 2.10. The minimum atomic E-state index is -0.512. The summed E-state index contributed by atoms with van der Waals surface area (Å²) >= 11 is 0. The van der Waals surface area contributed by atoms with Crippen molar-refractivity contribution < 1.29 is 9.59 Å². The van der Waals surface area contributed by atoms with Crippen molar-refractivity contribution in [3.8, 4) is 0 Å². The van der Waals surface area contributed by atoms with Gasteiger partial charge in [0, 0.05) is 24.5 Å². The summed E-state index contributed by atoms with van der Waals surface area (Å²) in [6.07, 6.45) is 3.69. The molecule has 2 aromatic rings. The van der Waals surface area contributed by atoms with Crippen LogP contribution in [0.5, 0.6) is 0 Å². The zero-order valence-corrected chi connectivity index (χ0v) is 18.2. The van der Waals surface area contributed by atoms with E-state index in [4.69, 9.17) is 0 Å². The van der Waals surface area contributed by atoms with Crippen molar-refractivity contribution >= 4 is 23.3 Å². The molecular weight excluding hydrogens is 394 g/mol. The number of aryl methyl sites for hydroxylation is 2. The molecule has 1 fully saturated rings. The fourth-order valence-electron chi connectivity index (χ4n) is 3.62. The first kappa shape index (κ1) is 22.6. The molecule has 0 spiro atoms. The van der Waals surface area contributed by atoms with Crippen LogP contribution in [0.3, 0.4) is 0 Å². The zero-order valence-electron chi connectivity index (χ0n) is 18.2. The lowest BCUT2D eigenvalue weighted by Crippen LogP contribution is -2.40. The Labute approximate surface area is 182 Å². The maximum absolute atomic E-state index is 12.8. The maximum atomic E-state index is 12.8. The van der Waals surface area contributed by atoms with Gasteiger partial charge in [-0.2, -0.15) is 0 Å². The van der Waals surface area contributed by atoms with Gasteiger partial charge in [-0.15, -0.1) is 0 Å². The molecule has 0 radical (unpaired) electrons. The number of piperidine rings is 1. The molecule has 1 aromatic heterocycles. The minimum absolute atomic E-state index is 0.0836. The molecule has 1 saturated heterocycles. The molecule has 31 heavy (non-hydrogen) atoms. The van der Waals surface area contributed by atoms with Crippen LogP contribution >= 0.6 is 0 Å². The van der Waals surface area contributed by atoms with Crippen LogP contribution in [0.25, 0.3) is 0 Å². The highest BCUT2D eigenvalue weighted by Gasteiger charge is 2.14. The van der Waals surface area contributed by atoms with E-state index in [2.05, 4.69) is 20.9 Å². The van der Waals surface area contributed by atoms with E-state index in [1.165, 1.54) is 23.8 Å². The van der Waals surface area contributed by atoms with Gasteiger partial charge in [-0.05, 0) is 64.0 Å². The van der Waals surface area contributed by atoms with Gasteiger partial charge in [0.25, 0.3) is 5.56 Å². The van der Waals surface area contributed by atoms with Gasteiger partial charge in [0.1, 0.15) is 12.2 Å². The molecule has 1 aliphatic rings. The first-order valence-electron chi connectivity index (χ1n) is 10.8. The number of nitrogens with zero attached hydrogens (tertiary/aromatic N) is 2. The number of likely N-dealkylation sites (tertiary alicyclic amines) is 1. The summed E-state index contributed by atoms with van der Waals surface area (Å²) in [5.41, 5.74) is 2.08. The lowest BCUT2D eigenvalue weighted by Gasteiger charge is -2.26. The van der Waals surface area contributed by atoms with Crippen molar-refractivity contribution in [1.82, 2.24) is 14.8 Å². The molecule has 0 saturated carbocycles. The largest absolute Gasteiger partial charge is 0.353 e. The van der Waals surface area contributed by atoms with E-state index < -0.39 is 11.6 Å². The number of pyridine rings is 1. The summed E-state index contributed by atoms with van der Waals surface area (Å²) in [6.45, 7) is 7.17. The predicted octanol–water partition coefficient (Wildman–Crippen LogP) is 2.71. The summed E-state index contributed by atoms with van der Waals surface area (Å²) in [5.74, 6) is -0.219. The summed E-state index contributed by atoms with van der Waals surface area (Å²) in [4.78, 5) is 39.8.